The van der Waals surface area contributed by atoms with E-state index in [4.69, 9.17) is 17.3 Å². The van der Waals surface area contributed by atoms with E-state index in [-0.39, 0.29) is 23.2 Å². The van der Waals surface area contributed by atoms with Gasteiger partial charge in [-0.25, -0.2) is 9.37 Å². The Labute approximate surface area is 126 Å². The topological polar surface area (TPSA) is 79.5 Å². The number of aromatic nitrogens is 1. The number of pyridine rings is 1. The molecule has 0 aromatic carbocycles. The molecule has 8 heteroatoms. The lowest BCUT2D eigenvalue weighted by Gasteiger charge is -2.21. The zero-order valence-corrected chi connectivity index (χ0v) is 12.1. The molecule has 21 heavy (non-hydrogen) atoms. The molecule has 1 aliphatic rings. The normalized spacial score (nSPS) is 16.6. The van der Waals surface area contributed by atoms with Crippen molar-refractivity contribution in [3.8, 4) is 0 Å². The van der Waals surface area contributed by atoms with E-state index < -0.39 is 11.7 Å². The maximum absolute atomic E-state index is 13.2. The summed E-state index contributed by atoms with van der Waals surface area (Å²) in [7, 11) is 0. The first kappa shape index (κ1) is 15.7. The summed E-state index contributed by atoms with van der Waals surface area (Å²) in [5.74, 6) is -1.35. The zero-order chi connectivity index (χ0) is 15.4. The van der Waals surface area contributed by atoms with Crippen LogP contribution in [0.5, 0.6) is 0 Å². The molecule has 0 radical (unpaired) electrons. The van der Waals surface area contributed by atoms with Crippen LogP contribution >= 0.6 is 11.6 Å². The quantitative estimate of drug-likeness (QED) is 0.824. The van der Waals surface area contributed by atoms with Gasteiger partial charge in [0, 0.05) is 26.2 Å². The molecule has 2 rings (SSSR count). The van der Waals surface area contributed by atoms with E-state index in [1.54, 1.807) is 4.90 Å². The minimum atomic E-state index is -0.604. The molecule has 0 spiro atoms. The number of hydrogen-bond donors (Lipinski definition) is 1. The molecule has 0 atom stereocenters. The van der Waals surface area contributed by atoms with Gasteiger partial charge in [-0.3, -0.25) is 14.5 Å². The molecule has 0 aliphatic carbocycles. The van der Waals surface area contributed by atoms with Crippen LogP contribution in [-0.4, -0.2) is 59.3 Å². The fourth-order valence-corrected chi connectivity index (χ4v) is 2.48. The number of halogens is 2. The van der Waals surface area contributed by atoms with Crippen LogP contribution in [0.25, 0.3) is 0 Å². The summed E-state index contributed by atoms with van der Waals surface area (Å²) in [6.07, 6.45) is 1.68. The smallest absolute Gasteiger partial charge is 0.257 e. The van der Waals surface area contributed by atoms with Gasteiger partial charge in [-0.15, -0.1) is 0 Å². The van der Waals surface area contributed by atoms with Gasteiger partial charge in [0.15, 0.2) is 0 Å². The number of carbonyl (C=O) groups is 2. The van der Waals surface area contributed by atoms with E-state index >= 15 is 0 Å². The standard InChI is InChI=1S/C13H16ClFN4O2/c14-12-10(6-9(15)7-17-12)13(21)19-3-1-2-18(4-5-19)8-11(16)20/h6-7H,1-5,8H2,(H2,16,20). The maximum atomic E-state index is 13.2. The summed E-state index contributed by atoms with van der Waals surface area (Å²) in [6, 6.07) is 1.09. The lowest BCUT2D eigenvalue weighted by Crippen LogP contribution is -2.38. The molecular formula is C13H16ClFN4O2. The molecule has 114 valence electrons. The number of nitrogens with zero attached hydrogens (tertiary/aromatic N) is 3. The minimum Gasteiger partial charge on any atom is -0.369 e. The average molecular weight is 315 g/mol. The van der Waals surface area contributed by atoms with E-state index in [0.29, 0.717) is 32.6 Å². The molecule has 1 aromatic heterocycles. The highest BCUT2D eigenvalue weighted by atomic mass is 35.5. The van der Waals surface area contributed by atoms with Crippen LogP contribution in [0.2, 0.25) is 5.15 Å². The molecular weight excluding hydrogens is 299 g/mol. The highest BCUT2D eigenvalue weighted by Gasteiger charge is 2.23. The van der Waals surface area contributed by atoms with Crippen molar-refractivity contribution in [3.05, 3.63) is 28.8 Å². The summed E-state index contributed by atoms with van der Waals surface area (Å²) < 4.78 is 13.2. The Balaban J connectivity index is 2.06. The summed E-state index contributed by atoms with van der Waals surface area (Å²) in [6.45, 7) is 2.33. The summed E-state index contributed by atoms with van der Waals surface area (Å²) in [5.41, 5.74) is 5.22. The first-order chi connectivity index (χ1) is 9.97. The molecule has 1 aromatic rings. The molecule has 0 saturated carbocycles. The van der Waals surface area contributed by atoms with E-state index in [9.17, 15) is 14.0 Å². The van der Waals surface area contributed by atoms with Gasteiger partial charge in [0.05, 0.1) is 18.3 Å². The first-order valence-corrected chi connectivity index (χ1v) is 6.96. The third-order valence-corrected chi connectivity index (χ3v) is 3.59. The zero-order valence-electron chi connectivity index (χ0n) is 11.4. The summed E-state index contributed by atoms with van der Waals surface area (Å²) in [4.78, 5) is 30.4. The maximum Gasteiger partial charge on any atom is 0.257 e. The van der Waals surface area contributed by atoms with Crippen molar-refractivity contribution in [2.75, 3.05) is 32.7 Å². The number of carbonyl (C=O) groups excluding carboxylic acids is 2. The van der Waals surface area contributed by atoms with Crippen LogP contribution in [0.4, 0.5) is 4.39 Å². The third-order valence-electron chi connectivity index (χ3n) is 3.29. The molecule has 6 nitrogen and oxygen atoms in total. The SMILES string of the molecule is NC(=O)CN1CCCN(C(=O)c2cc(F)cnc2Cl)CC1. The van der Waals surface area contributed by atoms with Crippen LogP contribution < -0.4 is 5.73 Å². The fraction of sp³-hybridized carbons (Fsp3) is 0.462. The van der Waals surface area contributed by atoms with E-state index in [1.165, 1.54) is 0 Å². The number of primary amides is 1. The first-order valence-electron chi connectivity index (χ1n) is 6.58. The van der Waals surface area contributed by atoms with Crippen molar-refractivity contribution in [1.29, 1.82) is 0 Å². The van der Waals surface area contributed by atoms with Gasteiger partial charge in [-0.05, 0) is 12.5 Å². The van der Waals surface area contributed by atoms with Crippen molar-refractivity contribution < 1.29 is 14.0 Å². The Bertz CT molecular complexity index is 555. The lowest BCUT2D eigenvalue weighted by molar-refractivity contribution is -0.119. The van der Waals surface area contributed by atoms with Gasteiger partial charge >= 0.3 is 0 Å². The van der Waals surface area contributed by atoms with Gasteiger partial charge < -0.3 is 10.6 Å². The molecule has 1 fully saturated rings. The molecule has 2 amide bonds. The van der Waals surface area contributed by atoms with E-state index in [2.05, 4.69) is 4.98 Å². The van der Waals surface area contributed by atoms with Crippen molar-refractivity contribution in [3.63, 3.8) is 0 Å². The molecule has 1 saturated heterocycles. The van der Waals surface area contributed by atoms with E-state index in [0.717, 1.165) is 12.3 Å². The molecule has 2 N–H and O–H groups in total. The Morgan fingerprint density at radius 1 is 1.33 bits per heavy atom. The van der Waals surface area contributed by atoms with E-state index in [1.807, 2.05) is 4.90 Å². The monoisotopic (exact) mass is 314 g/mol. The number of amides is 2. The van der Waals surface area contributed by atoms with Crippen molar-refractivity contribution in [2.45, 2.75) is 6.42 Å². The Kier molecular flexibility index (Phi) is 5.08. The largest absolute Gasteiger partial charge is 0.369 e. The lowest BCUT2D eigenvalue weighted by atomic mass is 10.2. The van der Waals surface area contributed by atoms with Crippen LogP contribution in [0.15, 0.2) is 12.3 Å². The van der Waals surface area contributed by atoms with Crippen LogP contribution in [0.3, 0.4) is 0 Å². The second-order valence-corrected chi connectivity index (χ2v) is 5.24. The van der Waals surface area contributed by atoms with Gasteiger partial charge in [0.25, 0.3) is 5.91 Å². The highest BCUT2D eigenvalue weighted by molar-refractivity contribution is 6.32. The van der Waals surface area contributed by atoms with Gasteiger partial charge in [-0.2, -0.15) is 0 Å². The van der Waals surface area contributed by atoms with Crippen molar-refractivity contribution in [1.82, 2.24) is 14.8 Å². The number of rotatable bonds is 3. The molecule has 1 aliphatic heterocycles. The van der Waals surface area contributed by atoms with Crippen LogP contribution in [0, 0.1) is 5.82 Å². The second kappa shape index (κ2) is 6.82. The Morgan fingerprint density at radius 3 is 2.81 bits per heavy atom. The highest BCUT2D eigenvalue weighted by Crippen LogP contribution is 2.17. The molecule has 0 bridgehead atoms. The van der Waals surface area contributed by atoms with Gasteiger partial charge in [0.2, 0.25) is 5.91 Å². The Hall–Kier alpha value is -1.73. The summed E-state index contributed by atoms with van der Waals surface area (Å²) in [5, 5.41) is -0.0142. The average Bonchev–Trinajstić information content (AvgIpc) is 2.66. The van der Waals surface area contributed by atoms with Crippen LogP contribution in [-0.2, 0) is 4.79 Å². The minimum absolute atomic E-state index is 0.0142. The van der Waals surface area contributed by atoms with Gasteiger partial charge in [-0.1, -0.05) is 11.6 Å². The number of hydrogen-bond acceptors (Lipinski definition) is 4. The van der Waals surface area contributed by atoms with Gasteiger partial charge in [0.1, 0.15) is 11.0 Å². The molecule has 0 unspecified atom stereocenters. The predicted octanol–water partition coefficient (Wildman–Crippen LogP) is 0.507. The Morgan fingerprint density at radius 2 is 2.10 bits per heavy atom. The predicted molar refractivity (Wildman–Crippen MR) is 75.4 cm³/mol. The molecule has 2 heterocycles. The fourth-order valence-electron chi connectivity index (χ4n) is 2.30. The van der Waals surface area contributed by atoms with Crippen molar-refractivity contribution >= 4 is 23.4 Å². The summed E-state index contributed by atoms with van der Waals surface area (Å²) >= 11 is 5.85. The van der Waals surface area contributed by atoms with Crippen molar-refractivity contribution in [2.24, 2.45) is 5.73 Å². The third kappa shape index (κ3) is 4.12. The second-order valence-electron chi connectivity index (χ2n) is 4.88. The van der Waals surface area contributed by atoms with Crippen LogP contribution in [0.1, 0.15) is 16.8 Å². The number of nitrogens with two attached hydrogens (primary N) is 1.